The minimum atomic E-state index is -4.79. The number of piperidine rings is 2. The molecule has 62 heavy (non-hydrogen) atoms. The third-order valence-corrected chi connectivity index (χ3v) is 13.7. The molecule has 1 unspecified atom stereocenters. The molecular weight excluding hydrogens is 847 g/mol. The quantitative estimate of drug-likeness (QED) is 0.139. The van der Waals surface area contributed by atoms with Gasteiger partial charge in [0.15, 0.2) is 0 Å². The number of halogens is 6. The molecule has 0 spiro atoms. The molecular formula is C41H50F6N8O6S. The highest BCUT2D eigenvalue weighted by Crippen LogP contribution is 2.39. The number of imide groups is 1. The highest BCUT2D eigenvalue weighted by molar-refractivity contribution is 7.89. The number of carbonyl (C=O) groups is 2. The fourth-order valence-corrected chi connectivity index (χ4v) is 10.3. The van der Waals surface area contributed by atoms with Gasteiger partial charge in [-0.15, -0.1) is 0 Å². The Morgan fingerprint density at radius 3 is 2.35 bits per heavy atom. The summed E-state index contributed by atoms with van der Waals surface area (Å²) in [4.78, 5) is 36.8. The van der Waals surface area contributed by atoms with Crippen LogP contribution < -0.4 is 25.2 Å². The summed E-state index contributed by atoms with van der Waals surface area (Å²) in [6.45, 7) is 4.15. The Morgan fingerprint density at radius 1 is 0.984 bits per heavy atom. The number of nitrogens with one attached hydrogen (secondary N) is 3. The molecule has 3 atom stereocenters. The second-order valence-electron chi connectivity index (χ2n) is 16.9. The number of carbonyl (C=O) groups excluding carboxylic acids is 2. The molecule has 1 aromatic heterocycles. The number of sulfonamides is 1. The van der Waals surface area contributed by atoms with Gasteiger partial charge in [-0.2, -0.15) is 18.2 Å². The van der Waals surface area contributed by atoms with E-state index in [2.05, 4.69) is 30.2 Å². The first-order chi connectivity index (χ1) is 29.3. The number of hydrogen-bond acceptors (Lipinski definition) is 12. The van der Waals surface area contributed by atoms with Gasteiger partial charge in [-0.25, -0.2) is 31.3 Å². The zero-order valence-corrected chi connectivity index (χ0v) is 35.1. The number of ether oxygens (including phenoxy) is 1. The molecule has 3 aromatic rings. The van der Waals surface area contributed by atoms with E-state index in [4.69, 9.17) is 4.74 Å². The molecule has 0 radical (unpaired) electrons. The molecule has 2 amide bonds. The lowest BCUT2D eigenvalue weighted by molar-refractivity contribution is -0.138. The third kappa shape index (κ3) is 10.4. The molecule has 3 aliphatic heterocycles. The molecule has 21 heteroatoms. The van der Waals surface area contributed by atoms with Crippen LogP contribution in [-0.4, -0.2) is 111 Å². The van der Waals surface area contributed by atoms with Crippen molar-refractivity contribution in [2.24, 2.45) is 5.92 Å². The van der Waals surface area contributed by atoms with Crippen LogP contribution in [0.3, 0.4) is 0 Å². The van der Waals surface area contributed by atoms with Crippen molar-refractivity contribution in [2.45, 2.75) is 93.0 Å². The maximum atomic E-state index is 15.4. The molecule has 0 bridgehead atoms. The summed E-state index contributed by atoms with van der Waals surface area (Å²) in [5.74, 6) is -5.56. The first-order valence-corrected chi connectivity index (χ1v) is 22.1. The van der Waals surface area contributed by atoms with Crippen LogP contribution in [0.1, 0.15) is 75.3 Å². The monoisotopic (exact) mass is 896 g/mol. The number of aromatic nitrogens is 2. The minimum absolute atomic E-state index is 0.00470. The Kier molecular flexibility index (Phi) is 13.4. The Hall–Kier alpha value is -4.57. The van der Waals surface area contributed by atoms with E-state index < -0.39 is 74.4 Å². The van der Waals surface area contributed by atoms with Gasteiger partial charge in [-0.1, -0.05) is 0 Å². The summed E-state index contributed by atoms with van der Waals surface area (Å²) in [6, 6.07) is 5.06. The Morgan fingerprint density at radius 2 is 1.71 bits per heavy atom. The van der Waals surface area contributed by atoms with E-state index in [1.165, 1.54) is 30.0 Å². The molecule has 14 nitrogen and oxygen atoms in total. The number of amides is 2. The number of hydrogen-bond donors (Lipinski definition) is 4. The number of methoxy groups -OCH3 is 1. The standard InChI is InChI=1S/C41H50F6N8O6S/c1-40(58)12-3-13-55(23-40)37-30(41(45,46)47)19-48-39(51-37)49-34-10-8-28(18-31(34)42)62(59,60)52-25-6-4-24(5-7-25)20-53-14-15-54(21-27(53)22-61-2)26-16-32(43)36(33(44)17-26)29-9-11-35(56)50-38(29)57/h8,10,16-19,24-25,27,29,52,58H,3-7,9,11-15,20-23H2,1-2H3,(H,48,49,51)(H,50,56,57)/t24?,25?,27-,29?,40+/m1/s1. The zero-order valence-electron chi connectivity index (χ0n) is 34.3. The second-order valence-corrected chi connectivity index (χ2v) is 18.6. The first kappa shape index (κ1) is 45.5. The van der Waals surface area contributed by atoms with Gasteiger partial charge in [-0.05, 0) is 88.1 Å². The number of piperazine rings is 1. The fraction of sp³-hybridized carbons (Fsp3) is 0.561. The van der Waals surface area contributed by atoms with E-state index in [1.807, 2.05) is 4.90 Å². The first-order valence-electron chi connectivity index (χ1n) is 20.6. The molecule has 4 aliphatic rings. The number of rotatable bonds is 12. The molecule has 338 valence electrons. The average Bonchev–Trinajstić information content (AvgIpc) is 3.19. The van der Waals surface area contributed by atoms with Crippen molar-refractivity contribution in [1.82, 2.24) is 24.9 Å². The molecule has 2 aromatic carbocycles. The van der Waals surface area contributed by atoms with Crippen molar-refractivity contribution in [3.63, 3.8) is 0 Å². The van der Waals surface area contributed by atoms with Gasteiger partial charge in [0.05, 0.1) is 34.8 Å². The van der Waals surface area contributed by atoms with Crippen LogP contribution in [-0.2, 0) is 30.5 Å². The van der Waals surface area contributed by atoms with Crippen LogP contribution in [0, 0.1) is 23.4 Å². The molecule has 4 N–H and O–H groups in total. The Bertz CT molecular complexity index is 2240. The van der Waals surface area contributed by atoms with Crippen LogP contribution in [0.15, 0.2) is 41.4 Å². The summed E-state index contributed by atoms with van der Waals surface area (Å²) in [5.41, 5.74) is -2.61. The topological polar surface area (TPSA) is 169 Å². The van der Waals surface area contributed by atoms with Gasteiger partial charge in [0.2, 0.25) is 27.8 Å². The van der Waals surface area contributed by atoms with E-state index in [9.17, 15) is 36.3 Å². The Balaban J connectivity index is 0.932. The van der Waals surface area contributed by atoms with Crippen molar-refractivity contribution in [1.29, 1.82) is 0 Å². The van der Waals surface area contributed by atoms with Crippen molar-refractivity contribution >= 4 is 45.0 Å². The summed E-state index contributed by atoms with van der Waals surface area (Å²) in [5, 5.41) is 15.2. The lowest BCUT2D eigenvalue weighted by atomic mass is 9.85. The molecule has 4 heterocycles. The molecule has 1 aliphatic carbocycles. The number of nitrogens with zero attached hydrogens (tertiary/aromatic N) is 5. The minimum Gasteiger partial charge on any atom is -0.388 e. The molecule has 4 fully saturated rings. The van der Waals surface area contributed by atoms with E-state index in [-0.39, 0.29) is 60.0 Å². The van der Waals surface area contributed by atoms with E-state index >= 15 is 13.2 Å². The van der Waals surface area contributed by atoms with Gasteiger partial charge in [0.25, 0.3) is 0 Å². The lowest BCUT2D eigenvalue weighted by Crippen LogP contribution is -2.56. The number of anilines is 4. The Labute approximate surface area is 355 Å². The summed E-state index contributed by atoms with van der Waals surface area (Å²) < 4.78 is 123. The number of aliphatic hydroxyl groups is 1. The normalized spacial score (nSPS) is 25.5. The maximum Gasteiger partial charge on any atom is 0.421 e. The van der Waals surface area contributed by atoms with E-state index in [0.717, 1.165) is 12.1 Å². The average molecular weight is 897 g/mol. The summed E-state index contributed by atoms with van der Waals surface area (Å²) in [7, 11) is -2.59. The molecule has 7 rings (SSSR count). The maximum absolute atomic E-state index is 15.4. The number of β-amino-alcohol motifs (C(OH)–C–C–N with tert-alkyl or cyclic N) is 1. The van der Waals surface area contributed by atoms with Gasteiger partial charge in [-0.3, -0.25) is 19.8 Å². The van der Waals surface area contributed by atoms with Crippen molar-refractivity contribution in [3.8, 4) is 0 Å². The molecule has 1 saturated carbocycles. The van der Waals surface area contributed by atoms with Gasteiger partial charge < -0.3 is 25.0 Å². The second kappa shape index (κ2) is 18.3. The van der Waals surface area contributed by atoms with Crippen LogP contribution in [0.25, 0.3) is 0 Å². The fourth-order valence-electron chi connectivity index (χ4n) is 9.02. The van der Waals surface area contributed by atoms with Crippen molar-refractivity contribution in [3.05, 3.63) is 65.1 Å². The van der Waals surface area contributed by atoms with Crippen LogP contribution in [0.4, 0.5) is 49.5 Å². The highest BCUT2D eigenvalue weighted by Gasteiger charge is 2.40. The summed E-state index contributed by atoms with van der Waals surface area (Å²) >= 11 is 0. The van der Waals surface area contributed by atoms with Crippen LogP contribution in [0.2, 0.25) is 0 Å². The molecule has 3 saturated heterocycles. The van der Waals surface area contributed by atoms with E-state index in [1.54, 1.807) is 7.11 Å². The van der Waals surface area contributed by atoms with Crippen LogP contribution in [0.5, 0.6) is 0 Å². The predicted molar refractivity (Wildman–Crippen MR) is 216 cm³/mol. The van der Waals surface area contributed by atoms with Gasteiger partial charge in [0, 0.05) is 76.3 Å². The zero-order chi connectivity index (χ0) is 44.6. The van der Waals surface area contributed by atoms with Gasteiger partial charge >= 0.3 is 6.18 Å². The lowest BCUT2D eigenvalue weighted by Gasteiger charge is -2.44. The van der Waals surface area contributed by atoms with Crippen molar-refractivity contribution < 1.29 is 54.2 Å². The largest absolute Gasteiger partial charge is 0.421 e. The highest BCUT2D eigenvalue weighted by atomic mass is 32.2. The SMILES string of the molecule is COC[C@H]1CN(c2cc(F)c(C3CCC(=O)NC3=O)c(F)c2)CCN1CC1CCC(NS(=O)(=O)c2ccc(Nc3ncc(C(F)(F)F)c(N4CCC[C@](C)(O)C4)n3)c(F)c2)CC1. The van der Waals surface area contributed by atoms with E-state index in [0.29, 0.717) is 83.2 Å². The summed E-state index contributed by atoms with van der Waals surface area (Å²) in [6.07, 6.45) is -0.900. The number of alkyl halides is 3. The predicted octanol–water partition coefficient (Wildman–Crippen LogP) is 5.20. The van der Waals surface area contributed by atoms with Crippen LogP contribution >= 0.6 is 0 Å². The number of benzene rings is 2. The van der Waals surface area contributed by atoms with Gasteiger partial charge in [0.1, 0.15) is 28.8 Å². The van der Waals surface area contributed by atoms with Crippen molar-refractivity contribution in [2.75, 3.05) is 68.1 Å². The smallest absolute Gasteiger partial charge is 0.388 e. The third-order valence-electron chi connectivity index (χ3n) is 12.2.